The number of thiophene rings is 1. The topological polar surface area (TPSA) is 80.4 Å². The summed E-state index contributed by atoms with van der Waals surface area (Å²) in [5, 5.41) is 18.6. The van der Waals surface area contributed by atoms with E-state index in [1.807, 2.05) is 6.07 Å². The summed E-state index contributed by atoms with van der Waals surface area (Å²) in [6, 6.07) is 10.4. The lowest BCUT2D eigenvalue weighted by atomic mass is 9.66. The van der Waals surface area contributed by atoms with E-state index in [0.29, 0.717) is 12.4 Å². The van der Waals surface area contributed by atoms with Gasteiger partial charge in [-0.25, -0.2) is 4.98 Å². The molecule has 3 aliphatic rings. The normalized spacial score (nSPS) is 26.6. The van der Waals surface area contributed by atoms with Crippen molar-refractivity contribution in [3.63, 3.8) is 0 Å². The molecule has 28 heavy (non-hydrogen) atoms. The van der Waals surface area contributed by atoms with E-state index in [1.54, 1.807) is 11.3 Å². The smallest absolute Gasteiger partial charge is 0.126 e. The van der Waals surface area contributed by atoms with Gasteiger partial charge >= 0.3 is 0 Å². The number of hydrogen-bond donors (Lipinski definition) is 3. The SMILES string of the molecule is Nc1cc(NCC23CCC(CO)(CC2)OC3)c2ccc(-c3ccsc3)cc2n1. The van der Waals surface area contributed by atoms with E-state index < -0.39 is 0 Å². The molecule has 1 aliphatic carbocycles. The number of nitrogens with zero attached hydrogens (tertiary/aromatic N) is 1. The lowest BCUT2D eigenvalue weighted by Gasteiger charge is -2.52. The molecule has 0 atom stereocenters. The van der Waals surface area contributed by atoms with Gasteiger partial charge in [0.05, 0.1) is 24.3 Å². The van der Waals surface area contributed by atoms with Crippen LogP contribution in [-0.4, -0.2) is 35.5 Å². The third-order valence-electron chi connectivity index (χ3n) is 6.53. The molecule has 5 nitrogen and oxygen atoms in total. The number of nitrogens with two attached hydrogens (primary N) is 1. The molecule has 2 saturated heterocycles. The lowest BCUT2D eigenvalue weighted by Crippen LogP contribution is -2.55. The Morgan fingerprint density at radius 3 is 2.68 bits per heavy atom. The molecule has 1 saturated carbocycles. The molecule has 6 rings (SSSR count). The van der Waals surface area contributed by atoms with Crippen molar-refractivity contribution in [3.05, 3.63) is 41.1 Å². The maximum Gasteiger partial charge on any atom is 0.126 e. The van der Waals surface area contributed by atoms with Crippen LogP contribution in [0.1, 0.15) is 25.7 Å². The minimum Gasteiger partial charge on any atom is -0.393 e. The molecule has 2 aliphatic heterocycles. The van der Waals surface area contributed by atoms with Gasteiger partial charge in [-0.15, -0.1) is 0 Å². The molecule has 0 spiro atoms. The standard InChI is InChI=1S/C22H25N3O2S/c23-20-10-18(24-12-21-4-6-22(13-26,7-5-21)27-14-21)17-2-1-15(9-19(17)25-20)16-3-8-28-11-16/h1-3,8-11,26H,4-7,12-14H2,(H3,23,24,25). The molecule has 2 bridgehead atoms. The molecule has 4 N–H and O–H groups in total. The van der Waals surface area contributed by atoms with Crippen LogP contribution < -0.4 is 11.1 Å². The van der Waals surface area contributed by atoms with E-state index in [0.717, 1.165) is 54.4 Å². The van der Waals surface area contributed by atoms with Crippen molar-refractivity contribution >= 4 is 33.7 Å². The van der Waals surface area contributed by atoms with Crippen molar-refractivity contribution in [1.82, 2.24) is 4.98 Å². The fourth-order valence-electron chi connectivity index (χ4n) is 4.55. The highest BCUT2D eigenvalue weighted by atomic mass is 32.1. The first kappa shape index (κ1) is 17.9. The van der Waals surface area contributed by atoms with Gasteiger partial charge in [0.25, 0.3) is 0 Å². The Labute approximate surface area is 168 Å². The molecule has 1 aromatic carbocycles. The number of fused-ring (bicyclic) bond motifs is 4. The van der Waals surface area contributed by atoms with Gasteiger partial charge in [-0.1, -0.05) is 12.1 Å². The second-order valence-corrected chi connectivity index (χ2v) is 9.10. The summed E-state index contributed by atoms with van der Waals surface area (Å²) < 4.78 is 6.05. The fraction of sp³-hybridized carbons (Fsp3) is 0.409. The first-order valence-corrected chi connectivity index (χ1v) is 10.8. The Bertz CT molecular complexity index is 978. The number of pyridine rings is 1. The highest BCUT2D eigenvalue weighted by Crippen LogP contribution is 2.48. The minimum atomic E-state index is -0.284. The number of aromatic nitrogens is 1. The first-order chi connectivity index (χ1) is 13.6. The molecule has 3 fully saturated rings. The van der Waals surface area contributed by atoms with Gasteiger partial charge in [0.2, 0.25) is 0 Å². The van der Waals surface area contributed by atoms with Gasteiger partial charge in [-0.3, -0.25) is 0 Å². The highest BCUT2D eigenvalue weighted by molar-refractivity contribution is 7.08. The molecule has 4 heterocycles. The Morgan fingerprint density at radius 1 is 1.14 bits per heavy atom. The molecule has 146 valence electrons. The first-order valence-electron chi connectivity index (χ1n) is 9.82. The van der Waals surface area contributed by atoms with Crippen LogP contribution in [0.2, 0.25) is 0 Å². The molecule has 0 unspecified atom stereocenters. The zero-order valence-corrected chi connectivity index (χ0v) is 16.6. The number of aliphatic hydroxyl groups is 1. The van der Waals surface area contributed by atoms with Crippen LogP contribution in [0.4, 0.5) is 11.5 Å². The van der Waals surface area contributed by atoms with Gasteiger partial charge in [0.1, 0.15) is 5.82 Å². The van der Waals surface area contributed by atoms with Gasteiger partial charge in [0.15, 0.2) is 0 Å². The fourth-order valence-corrected chi connectivity index (χ4v) is 5.21. The van der Waals surface area contributed by atoms with E-state index in [4.69, 9.17) is 10.5 Å². The second-order valence-electron chi connectivity index (χ2n) is 8.32. The van der Waals surface area contributed by atoms with Crippen molar-refractivity contribution in [3.8, 4) is 11.1 Å². The average Bonchev–Trinajstić information content (AvgIpc) is 3.28. The third kappa shape index (κ3) is 3.05. The highest BCUT2D eigenvalue weighted by Gasteiger charge is 2.49. The van der Waals surface area contributed by atoms with E-state index in [2.05, 4.69) is 45.3 Å². The van der Waals surface area contributed by atoms with Crippen molar-refractivity contribution in [2.24, 2.45) is 5.41 Å². The summed E-state index contributed by atoms with van der Waals surface area (Å²) in [4.78, 5) is 4.56. The van der Waals surface area contributed by atoms with E-state index >= 15 is 0 Å². The van der Waals surface area contributed by atoms with E-state index in [-0.39, 0.29) is 17.6 Å². The molecule has 3 aromatic rings. The molecule has 0 radical (unpaired) electrons. The Morgan fingerprint density at radius 2 is 2.00 bits per heavy atom. The van der Waals surface area contributed by atoms with Crippen molar-refractivity contribution in [2.75, 3.05) is 30.8 Å². The van der Waals surface area contributed by atoms with Crippen LogP contribution in [0.25, 0.3) is 22.0 Å². The predicted octanol–water partition coefficient (Wildman–Crippen LogP) is 4.28. The van der Waals surface area contributed by atoms with Crippen LogP contribution in [0, 0.1) is 5.41 Å². The maximum atomic E-state index is 9.64. The van der Waals surface area contributed by atoms with E-state index in [9.17, 15) is 5.11 Å². The zero-order valence-electron chi connectivity index (χ0n) is 15.8. The molecule has 6 heteroatoms. The number of nitrogens with one attached hydrogen (secondary N) is 1. The van der Waals surface area contributed by atoms with Gasteiger partial charge < -0.3 is 20.9 Å². The van der Waals surface area contributed by atoms with Gasteiger partial charge in [-0.2, -0.15) is 11.3 Å². The lowest BCUT2D eigenvalue weighted by molar-refractivity contribution is -0.194. The van der Waals surface area contributed by atoms with Crippen molar-refractivity contribution in [1.29, 1.82) is 0 Å². The molecule has 2 aromatic heterocycles. The van der Waals surface area contributed by atoms with Gasteiger partial charge in [0, 0.05) is 29.1 Å². The number of benzene rings is 1. The third-order valence-corrected chi connectivity index (χ3v) is 7.22. The largest absolute Gasteiger partial charge is 0.393 e. The van der Waals surface area contributed by atoms with Crippen LogP contribution in [0.3, 0.4) is 0 Å². The maximum absolute atomic E-state index is 9.64. The summed E-state index contributed by atoms with van der Waals surface area (Å²) in [5.74, 6) is 0.526. The predicted molar refractivity (Wildman–Crippen MR) is 115 cm³/mol. The molecule has 0 amide bonds. The number of rotatable bonds is 5. The Balaban J connectivity index is 1.40. The number of nitrogen functional groups attached to an aromatic ring is 1. The summed E-state index contributed by atoms with van der Waals surface area (Å²) >= 11 is 1.69. The average molecular weight is 396 g/mol. The number of hydrogen-bond acceptors (Lipinski definition) is 6. The summed E-state index contributed by atoms with van der Waals surface area (Å²) in [7, 11) is 0. The second kappa shape index (κ2) is 6.72. The van der Waals surface area contributed by atoms with Crippen LogP contribution in [-0.2, 0) is 4.74 Å². The van der Waals surface area contributed by atoms with Crippen LogP contribution in [0.5, 0.6) is 0 Å². The van der Waals surface area contributed by atoms with Crippen LogP contribution >= 0.6 is 11.3 Å². The van der Waals surface area contributed by atoms with Crippen LogP contribution in [0.15, 0.2) is 41.1 Å². The number of ether oxygens (including phenoxy) is 1. The number of anilines is 2. The summed E-state index contributed by atoms with van der Waals surface area (Å²) in [6.45, 7) is 1.69. The molecular formula is C22H25N3O2S. The Hall–Kier alpha value is -2.15. The zero-order chi connectivity index (χ0) is 19.2. The van der Waals surface area contributed by atoms with Crippen molar-refractivity contribution < 1.29 is 9.84 Å². The summed E-state index contributed by atoms with van der Waals surface area (Å²) in [6.07, 6.45) is 4.05. The quantitative estimate of drug-likeness (QED) is 0.601. The summed E-state index contributed by atoms with van der Waals surface area (Å²) in [5.41, 5.74) is 10.3. The number of aliphatic hydroxyl groups excluding tert-OH is 1. The Kier molecular flexibility index (Phi) is 4.30. The molecular weight excluding hydrogens is 370 g/mol. The van der Waals surface area contributed by atoms with Crippen molar-refractivity contribution in [2.45, 2.75) is 31.3 Å². The minimum absolute atomic E-state index is 0.133. The van der Waals surface area contributed by atoms with Gasteiger partial charge in [-0.05, 0) is 59.7 Å². The monoisotopic (exact) mass is 395 g/mol. The van der Waals surface area contributed by atoms with E-state index in [1.165, 1.54) is 5.56 Å².